The summed E-state index contributed by atoms with van der Waals surface area (Å²) in [7, 11) is -3.47. The smallest absolute Gasteiger partial charge is 0.282 e. The number of piperidine rings is 1. The zero-order valence-corrected chi connectivity index (χ0v) is 16.8. The van der Waals surface area contributed by atoms with Crippen molar-refractivity contribution < 1.29 is 13.2 Å². The van der Waals surface area contributed by atoms with Crippen molar-refractivity contribution >= 4 is 27.7 Å². The lowest BCUT2D eigenvalue weighted by Gasteiger charge is -2.40. The van der Waals surface area contributed by atoms with Crippen molar-refractivity contribution in [3.8, 4) is 0 Å². The molecule has 2 saturated heterocycles. The van der Waals surface area contributed by atoms with Crippen LogP contribution in [-0.2, 0) is 10.2 Å². The van der Waals surface area contributed by atoms with Crippen LogP contribution < -0.4 is 0 Å². The summed E-state index contributed by atoms with van der Waals surface area (Å²) in [5.41, 5.74) is 0.462. The quantitative estimate of drug-likeness (QED) is 0.783. The fourth-order valence-corrected chi connectivity index (χ4v) is 5.94. The first-order valence-corrected chi connectivity index (χ1v) is 10.9. The van der Waals surface area contributed by atoms with Gasteiger partial charge in [0.15, 0.2) is 0 Å². The fraction of sp³-hybridized carbons (Fsp3) is 0.611. The van der Waals surface area contributed by atoms with Gasteiger partial charge in [0, 0.05) is 39.3 Å². The Morgan fingerprint density at radius 3 is 2.15 bits per heavy atom. The predicted molar refractivity (Wildman–Crippen MR) is 102 cm³/mol. The van der Waals surface area contributed by atoms with Crippen LogP contribution >= 0.6 is 11.6 Å². The van der Waals surface area contributed by atoms with Gasteiger partial charge in [-0.25, -0.2) is 0 Å². The van der Waals surface area contributed by atoms with Gasteiger partial charge in [-0.05, 0) is 30.4 Å². The maximum Gasteiger partial charge on any atom is 0.282 e. The lowest BCUT2D eigenvalue weighted by Crippen LogP contribution is -2.56. The van der Waals surface area contributed by atoms with Crippen LogP contribution in [-0.4, -0.2) is 67.1 Å². The van der Waals surface area contributed by atoms with E-state index in [0.29, 0.717) is 61.7 Å². The highest BCUT2D eigenvalue weighted by atomic mass is 35.5. The average Bonchev–Trinajstić information content (AvgIpc) is 2.61. The second-order valence-electron chi connectivity index (χ2n) is 7.44. The molecule has 144 valence electrons. The lowest BCUT2D eigenvalue weighted by molar-refractivity contribution is 0.0691. The molecule has 0 radical (unpaired) electrons. The van der Waals surface area contributed by atoms with Gasteiger partial charge in [0.2, 0.25) is 0 Å². The van der Waals surface area contributed by atoms with Gasteiger partial charge in [-0.15, -0.1) is 0 Å². The molecule has 3 rings (SSSR count). The van der Waals surface area contributed by atoms with Crippen molar-refractivity contribution in [2.75, 3.05) is 39.3 Å². The third kappa shape index (κ3) is 4.06. The molecule has 0 unspecified atom stereocenters. The number of halogens is 1. The van der Waals surface area contributed by atoms with Gasteiger partial charge in [0.1, 0.15) is 0 Å². The highest BCUT2D eigenvalue weighted by Gasteiger charge is 2.37. The van der Waals surface area contributed by atoms with Gasteiger partial charge in [-0.2, -0.15) is 17.0 Å². The number of rotatable bonds is 3. The average molecular weight is 400 g/mol. The number of benzene rings is 1. The first kappa shape index (κ1) is 19.6. The Morgan fingerprint density at radius 1 is 1.00 bits per heavy atom. The van der Waals surface area contributed by atoms with E-state index in [1.54, 1.807) is 33.5 Å². The van der Waals surface area contributed by atoms with E-state index in [9.17, 15) is 13.2 Å². The maximum absolute atomic E-state index is 13.0. The van der Waals surface area contributed by atoms with Crippen LogP contribution in [0, 0.1) is 11.8 Å². The van der Waals surface area contributed by atoms with Crippen LogP contribution in [0.1, 0.15) is 30.6 Å². The molecule has 0 spiro atoms. The van der Waals surface area contributed by atoms with Crippen LogP contribution in [0.3, 0.4) is 0 Å². The highest BCUT2D eigenvalue weighted by molar-refractivity contribution is 7.86. The summed E-state index contributed by atoms with van der Waals surface area (Å²) in [5, 5.41) is 0.420. The molecule has 0 aliphatic carbocycles. The minimum atomic E-state index is -3.47. The standard InChI is InChI=1S/C18H26ClN3O3S/c1-14-11-15(2)13-22(12-14)26(24,25)21-9-7-20(8-10-21)18(23)16-5-3-4-6-17(16)19/h3-6,14-15H,7-13H2,1-2H3/t14-,15-/m1/s1. The van der Waals surface area contributed by atoms with Crippen molar-refractivity contribution in [3.63, 3.8) is 0 Å². The molecule has 1 amide bonds. The Hall–Kier alpha value is -1.15. The molecule has 1 aromatic carbocycles. The van der Waals surface area contributed by atoms with Crippen LogP contribution in [0.2, 0.25) is 5.02 Å². The Kier molecular flexibility index (Phi) is 5.91. The summed E-state index contributed by atoms with van der Waals surface area (Å²) >= 11 is 6.11. The summed E-state index contributed by atoms with van der Waals surface area (Å²) in [6.07, 6.45) is 1.06. The predicted octanol–water partition coefficient (Wildman–Crippen LogP) is 2.32. The van der Waals surface area contributed by atoms with Crippen molar-refractivity contribution in [2.24, 2.45) is 11.8 Å². The van der Waals surface area contributed by atoms with E-state index in [0.717, 1.165) is 6.42 Å². The number of hydrogen-bond donors (Lipinski definition) is 0. The van der Waals surface area contributed by atoms with Crippen molar-refractivity contribution in [3.05, 3.63) is 34.9 Å². The second kappa shape index (κ2) is 7.84. The molecule has 0 bridgehead atoms. The summed E-state index contributed by atoms with van der Waals surface area (Å²) < 4.78 is 29.0. The summed E-state index contributed by atoms with van der Waals surface area (Å²) in [4.78, 5) is 14.3. The first-order valence-electron chi connectivity index (χ1n) is 9.08. The van der Waals surface area contributed by atoms with E-state index in [-0.39, 0.29) is 5.91 Å². The van der Waals surface area contributed by atoms with Crippen LogP contribution in [0.5, 0.6) is 0 Å². The van der Waals surface area contributed by atoms with Crippen molar-refractivity contribution in [2.45, 2.75) is 20.3 Å². The van der Waals surface area contributed by atoms with Crippen LogP contribution in [0.15, 0.2) is 24.3 Å². The molecule has 2 atom stereocenters. The molecule has 0 saturated carbocycles. The second-order valence-corrected chi connectivity index (χ2v) is 9.78. The molecule has 2 heterocycles. The van der Waals surface area contributed by atoms with Gasteiger partial charge in [0.25, 0.3) is 16.1 Å². The maximum atomic E-state index is 13.0. The fourth-order valence-electron chi connectivity index (χ4n) is 3.88. The van der Waals surface area contributed by atoms with E-state index in [4.69, 9.17) is 11.6 Å². The molecule has 0 aromatic heterocycles. The van der Waals surface area contributed by atoms with Gasteiger partial charge in [-0.3, -0.25) is 4.79 Å². The number of amides is 1. The van der Waals surface area contributed by atoms with E-state index in [1.165, 1.54) is 4.31 Å². The lowest BCUT2D eigenvalue weighted by atomic mass is 9.94. The number of hydrogen-bond acceptors (Lipinski definition) is 3. The number of piperazine rings is 1. The first-order chi connectivity index (χ1) is 12.3. The monoisotopic (exact) mass is 399 g/mol. The van der Waals surface area contributed by atoms with Gasteiger partial charge < -0.3 is 4.90 Å². The molecule has 1 aromatic rings. The molecule has 0 N–H and O–H groups in total. The number of nitrogens with zero attached hydrogens (tertiary/aromatic N) is 3. The molecule has 6 nitrogen and oxygen atoms in total. The zero-order chi connectivity index (χ0) is 18.9. The van der Waals surface area contributed by atoms with Crippen molar-refractivity contribution in [1.82, 2.24) is 13.5 Å². The third-order valence-electron chi connectivity index (χ3n) is 5.12. The molecule has 26 heavy (non-hydrogen) atoms. The minimum absolute atomic E-state index is 0.145. The van der Waals surface area contributed by atoms with E-state index < -0.39 is 10.2 Å². The molecule has 2 aliphatic heterocycles. The normalized spacial score (nSPS) is 26.0. The van der Waals surface area contributed by atoms with E-state index in [2.05, 4.69) is 13.8 Å². The van der Waals surface area contributed by atoms with Gasteiger partial charge in [0.05, 0.1) is 10.6 Å². The SMILES string of the molecule is C[C@@H]1C[C@@H](C)CN(S(=O)(=O)N2CCN(C(=O)c3ccccc3Cl)CC2)C1. The molecule has 8 heteroatoms. The van der Waals surface area contributed by atoms with E-state index >= 15 is 0 Å². The topological polar surface area (TPSA) is 60.9 Å². The number of carbonyl (C=O) groups is 1. The molecular weight excluding hydrogens is 374 g/mol. The summed E-state index contributed by atoms with van der Waals surface area (Å²) in [6, 6.07) is 6.95. The van der Waals surface area contributed by atoms with E-state index in [1.807, 2.05) is 0 Å². The molecular formula is C18H26ClN3O3S. The molecule has 2 aliphatic rings. The largest absolute Gasteiger partial charge is 0.336 e. The zero-order valence-electron chi connectivity index (χ0n) is 15.3. The van der Waals surface area contributed by atoms with Crippen LogP contribution in [0.4, 0.5) is 0 Å². The van der Waals surface area contributed by atoms with Crippen molar-refractivity contribution in [1.29, 1.82) is 0 Å². The Balaban J connectivity index is 1.64. The summed E-state index contributed by atoms with van der Waals surface area (Å²) in [6.45, 7) is 6.73. The third-order valence-corrected chi connectivity index (χ3v) is 7.42. The Labute approximate surface area is 160 Å². The van der Waals surface area contributed by atoms with Gasteiger partial charge >= 0.3 is 0 Å². The Morgan fingerprint density at radius 2 is 1.58 bits per heavy atom. The molecule has 2 fully saturated rings. The summed E-state index contributed by atoms with van der Waals surface area (Å²) in [5.74, 6) is 0.598. The van der Waals surface area contributed by atoms with Crippen LogP contribution in [0.25, 0.3) is 0 Å². The van der Waals surface area contributed by atoms with Gasteiger partial charge in [-0.1, -0.05) is 37.6 Å². The highest BCUT2D eigenvalue weighted by Crippen LogP contribution is 2.25. The Bertz CT molecular complexity index is 753. The number of carbonyl (C=O) groups excluding carboxylic acids is 1. The minimum Gasteiger partial charge on any atom is -0.336 e.